The summed E-state index contributed by atoms with van der Waals surface area (Å²) in [5.41, 5.74) is 0.0691. The van der Waals surface area contributed by atoms with Crippen molar-refractivity contribution in [2.45, 2.75) is 18.7 Å². The molecule has 1 aromatic carbocycles. The molecule has 5 heteroatoms. The number of benzene rings is 1. The molecule has 0 N–H and O–H groups in total. The lowest BCUT2D eigenvalue weighted by molar-refractivity contribution is 0.0682. The summed E-state index contributed by atoms with van der Waals surface area (Å²) in [6, 6.07) is 4.11. The Bertz CT molecular complexity index is 466. The second-order valence-corrected chi connectivity index (χ2v) is 5.65. The predicted molar refractivity (Wildman–Crippen MR) is 70.7 cm³/mol. The van der Waals surface area contributed by atoms with E-state index in [1.54, 1.807) is 4.90 Å². The molecule has 98 valence electrons. The molecule has 0 radical (unpaired) electrons. The third kappa shape index (κ3) is 2.78. The van der Waals surface area contributed by atoms with Crippen molar-refractivity contribution < 1.29 is 9.18 Å². The summed E-state index contributed by atoms with van der Waals surface area (Å²) in [5, 5.41) is 0.376. The third-order valence-corrected chi connectivity index (χ3v) is 4.13. The van der Waals surface area contributed by atoms with Crippen molar-refractivity contribution in [3.63, 3.8) is 0 Å². The average molecular weight is 290 g/mol. The maximum Gasteiger partial charge on any atom is 0.256 e. The molecule has 0 aliphatic carbocycles. The summed E-state index contributed by atoms with van der Waals surface area (Å²) in [6.45, 7) is 3.13. The highest BCUT2D eigenvalue weighted by Gasteiger charge is 2.28. The van der Waals surface area contributed by atoms with Gasteiger partial charge in [-0.2, -0.15) is 0 Å². The highest BCUT2D eigenvalue weighted by Crippen LogP contribution is 2.24. The van der Waals surface area contributed by atoms with Crippen LogP contribution >= 0.6 is 23.2 Å². The van der Waals surface area contributed by atoms with Gasteiger partial charge in [0.1, 0.15) is 5.82 Å². The normalized spacial score (nSPS) is 24.1. The van der Waals surface area contributed by atoms with Gasteiger partial charge in [0.25, 0.3) is 5.91 Å². The molecular weight excluding hydrogens is 276 g/mol. The van der Waals surface area contributed by atoms with Gasteiger partial charge in [-0.25, -0.2) is 4.39 Å². The number of hydrogen-bond donors (Lipinski definition) is 0. The van der Waals surface area contributed by atoms with Crippen molar-refractivity contribution in [3.8, 4) is 0 Å². The smallest absolute Gasteiger partial charge is 0.256 e. The van der Waals surface area contributed by atoms with E-state index >= 15 is 0 Å². The van der Waals surface area contributed by atoms with Gasteiger partial charge in [0.15, 0.2) is 0 Å². The Balaban J connectivity index is 2.16. The van der Waals surface area contributed by atoms with Gasteiger partial charge >= 0.3 is 0 Å². The van der Waals surface area contributed by atoms with Crippen LogP contribution in [0.4, 0.5) is 4.39 Å². The molecule has 1 saturated heterocycles. The van der Waals surface area contributed by atoms with E-state index in [1.807, 2.05) is 6.92 Å². The number of alkyl halides is 1. The van der Waals surface area contributed by atoms with E-state index in [2.05, 4.69) is 0 Å². The number of likely N-dealkylation sites (tertiary alicyclic amines) is 1. The number of nitrogens with zero attached hydrogens (tertiary/aromatic N) is 1. The molecule has 0 aromatic heterocycles. The van der Waals surface area contributed by atoms with E-state index in [9.17, 15) is 9.18 Å². The van der Waals surface area contributed by atoms with Gasteiger partial charge in [-0.1, -0.05) is 18.5 Å². The summed E-state index contributed by atoms with van der Waals surface area (Å²) in [5.74, 6) is -0.646. The number of carbonyl (C=O) groups excluding carboxylic acids is 1. The average Bonchev–Trinajstić information content (AvgIpc) is 2.32. The van der Waals surface area contributed by atoms with E-state index in [1.165, 1.54) is 12.1 Å². The zero-order chi connectivity index (χ0) is 13.3. The molecular formula is C13H14Cl2FNO. The molecule has 1 aliphatic rings. The zero-order valence-corrected chi connectivity index (χ0v) is 11.5. The Morgan fingerprint density at radius 2 is 2.22 bits per heavy atom. The fourth-order valence-electron chi connectivity index (χ4n) is 2.13. The molecule has 1 aliphatic heterocycles. The number of halogens is 3. The van der Waals surface area contributed by atoms with Crippen LogP contribution < -0.4 is 0 Å². The van der Waals surface area contributed by atoms with Gasteiger partial charge in [-0.3, -0.25) is 4.79 Å². The summed E-state index contributed by atoms with van der Waals surface area (Å²) < 4.78 is 13.7. The van der Waals surface area contributed by atoms with Crippen LogP contribution in [0.2, 0.25) is 5.02 Å². The first-order valence-electron chi connectivity index (χ1n) is 5.87. The lowest BCUT2D eigenvalue weighted by Gasteiger charge is -2.34. The minimum absolute atomic E-state index is 0.0691. The number of hydrogen-bond acceptors (Lipinski definition) is 1. The van der Waals surface area contributed by atoms with Gasteiger partial charge in [-0.05, 0) is 30.5 Å². The lowest BCUT2D eigenvalue weighted by Crippen LogP contribution is -2.43. The third-order valence-electron chi connectivity index (χ3n) is 3.25. The molecule has 2 atom stereocenters. The van der Waals surface area contributed by atoms with Crippen LogP contribution in [0, 0.1) is 11.7 Å². The molecule has 0 spiro atoms. The van der Waals surface area contributed by atoms with Crippen molar-refractivity contribution in [1.82, 2.24) is 4.90 Å². The van der Waals surface area contributed by atoms with Crippen LogP contribution in [0.1, 0.15) is 23.7 Å². The quantitative estimate of drug-likeness (QED) is 0.724. The van der Waals surface area contributed by atoms with E-state index in [0.717, 1.165) is 12.5 Å². The number of rotatable bonds is 1. The van der Waals surface area contributed by atoms with E-state index in [-0.39, 0.29) is 27.8 Å². The van der Waals surface area contributed by atoms with Crippen LogP contribution in [-0.4, -0.2) is 29.3 Å². The second-order valence-electron chi connectivity index (χ2n) is 4.66. The molecule has 18 heavy (non-hydrogen) atoms. The highest BCUT2D eigenvalue weighted by molar-refractivity contribution is 6.30. The first kappa shape index (κ1) is 13.6. The van der Waals surface area contributed by atoms with Gasteiger partial charge in [0.2, 0.25) is 0 Å². The Kier molecular flexibility index (Phi) is 4.13. The summed E-state index contributed by atoms with van der Waals surface area (Å²) in [7, 11) is 0. The van der Waals surface area contributed by atoms with E-state index in [4.69, 9.17) is 23.2 Å². The van der Waals surface area contributed by atoms with Gasteiger partial charge in [-0.15, -0.1) is 11.6 Å². The number of amides is 1. The fraction of sp³-hybridized carbons (Fsp3) is 0.462. The molecule has 2 nitrogen and oxygen atoms in total. The first-order valence-corrected chi connectivity index (χ1v) is 6.69. The molecule has 1 fully saturated rings. The molecule has 2 unspecified atom stereocenters. The first-order chi connectivity index (χ1) is 8.49. The standard InChI is InChI=1S/C13H14Cl2FNO/c1-8-7-17(5-4-11(8)15)13(18)10-3-2-9(14)6-12(10)16/h2-3,6,8,11H,4-5,7H2,1H3. The second kappa shape index (κ2) is 5.45. The summed E-state index contributed by atoms with van der Waals surface area (Å²) in [4.78, 5) is 13.8. The van der Waals surface area contributed by atoms with Gasteiger partial charge < -0.3 is 4.90 Å². The van der Waals surface area contributed by atoms with Crippen molar-refractivity contribution in [2.24, 2.45) is 5.92 Å². The Morgan fingerprint density at radius 3 is 2.83 bits per heavy atom. The minimum atomic E-state index is -0.576. The van der Waals surface area contributed by atoms with Crippen LogP contribution in [-0.2, 0) is 0 Å². The SMILES string of the molecule is CC1CN(C(=O)c2ccc(Cl)cc2F)CCC1Cl. The minimum Gasteiger partial charge on any atom is -0.338 e. The Hall–Kier alpha value is -0.800. The van der Waals surface area contributed by atoms with E-state index < -0.39 is 5.82 Å². The summed E-state index contributed by atoms with van der Waals surface area (Å²) >= 11 is 11.8. The van der Waals surface area contributed by atoms with Gasteiger partial charge in [0, 0.05) is 23.5 Å². The Morgan fingerprint density at radius 1 is 1.50 bits per heavy atom. The van der Waals surface area contributed by atoms with Crippen LogP contribution in [0.25, 0.3) is 0 Å². The zero-order valence-electron chi connectivity index (χ0n) is 10.00. The Labute approximate surface area is 116 Å². The molecule has 1 amide bonds. The number of carbonyl (C=O) groups is 1. The molecule has 1 aromatic rings. The van der Waals surface area contributed by atoms with Crippen molar-refractivity contribution in [2.75, 3.05) is 13.1 Å². The van der Waals surface area contributed by atoms with Crippen LogP contribution in [0.5, 0.6) is 0 Å². The molecule has 0 bridgehead atoms. The number of piperidine rings is 1. The predicted octanol–water partition coefficient (Wildman–Crippen LogP) is 3.57. The fourth-order valence-corrected chi connectivity index (χ4v) is 2.47. The van der Waals surface area contributed by atoms with Crippen molar-refractivity contribution in [1.29, 1.82) is 0 Å². The highest BCUT2D eigenvalue weighted by atomic mass is 35.5. The van der Waals surface area contributed by atoms with Crippen molar-refractivity contribution >= 4 is 29.1 Å². The molecule has 0 saturated carbocycles. The maximum atomic E-state index is 13.7. The molecule has 2 rings (SSSR count). The lowest BCUT2D eigenvalue weighted by atomic mass is 9.99. The monoisotopic (exact) mass is 289 g/mol. The van der Waals surface area contributed by atoms with Crippen molar-refractivity contribution in [3.05, 3.63) is 34.6 Å². The maximum absolute atomic E-state index is 13.7. The topological polar surface area (TPSA) is 20.3 Å². The summed E-state index contributed by atoms with van der Waals surface area (Å²) in [6.07, 6.45) is 0.740. The van der Waals surface area contributed by atoms with E-state index in [0.29, 0.717) is 13.1 Å². The van der Waals surface area contributed by atoms with Crippen LogP contribution in [0.3, 0.4) is 0 Å². The largest absolute Gasteiger partial charge is 0.338 e. The van der Waals surface area contributed by atoms with Gasteiger partial charge in [0.05, 0.1) is 5.56 Å². The van der Waals surface area contributed by atoms with Crippen LogP contribution in [0.15, 0.2) is 18.2 Å². The molecule has 1 heterocycles.